The van der Waals surface area contributed by atoms with Gasteiger partial charge in [-0.3, -0.25) is 9.20 Å². The summed E-state index contributed by atoms with van der Waals surface area (Å²) >= 11 is 7.84. The topological polar surface area (TPSA) is 61.4 Å². The molecule has 0 aliphatic rings. The molecule has 0 N–H and O–H groups in total. The van der Waals surface area contributed by atoms with Gasteiger partial charge in [-0.1, -0.05) is 59.8 Å². The highest BCUT2D eigenvalue weighted by atomic mass is 35.5. The highest BCUT2D eigenvalue weighted by Gasteiger charge is 2.18. The van der Waals surface area contributed by atoms with Crippen LogP contribution >= 0.6 is 23.4 Å². The third-order valence-corrected chi connectivity index (χ3v) is 6.37. The molecule has 0 amide bonds. The van der Waals surface area contributed by atoms with E-state index in [1.165, 1.54) is 11.8 Å². The van der Waals surface area contributed by atoms with Crippen molar-refractivity contribution >= 4 is 40.0 Å². The summed E-state index contributed by atoms with van der Waals surface area (Å²) in [7, 11) is 1.60. The van der Waals surface area contributed by atoms with E-state index in [4.69, 9.17) is 16.3 Å². The Morgan fingerprint density at radius 1 is 1.00 bits per heavy atom. The SMILES string of the molecule is COc1cccc(-n2c(=O)c3ccccc3n3c(SCc4ccccc4Cl)nnc23)c1. The number of aromatic nitrogens is 4. The maximum atomic E-state index is 13.4. The van der Waals surface area contributed by atoms with Gasteiger partial charge in [0.1, 0.15) is 5.75 Å². The molecule has 0 radical (unpaired) electrons. The van der Waals surface area contributed by atoms with Gasteiger partial charge in [0.15, 0.2) is 5.16 Å². The molecule has 0 saturated carbocycles. The van der Waals surface area contributed by atoms with Crippen LogP contribution in [0.5, 0.6) is 5.75 Å². The summed E-state index contributed by atoms with van der Waals surface area (Å²) in [5.41, 5.74) is 2.27. The second kappa shape index (κ2) is 8.09. The molecule has 6 nitrogen and oxygen atoms in total. The van der Waals surface area contributed by atoms with Crippen molar-refractivity contribution in [3.05, 3.63) is 93.7 Å². The lowest BCUT2D eigenvalue weighted by atomic mass is 10.2. The van der Waals surface area contributed by atoms with E-state index in [2.05, 4.69) is 10.2 Å². The van der Waals surface area contributed by atoms with Gasteiger partial charge in [-0.15, -0.1) is 10.2 Å². The molecule has 0 fully saturated rings. The fraction of sp³-hybridized carbons (Fsp3) is 0.0870. The number of para-hydroxylation sites is 1. The van der Waals surface area contributed by atoms with Crippen molar-refractivity contribution in [2.45, 2.75) is 10.9 Å². The lowest BCUT2D eigenvalue weighted by molar-refractivity contribution is 0.414. The summed E-state index contributed by atoms with van der Waals surface area (Å²) in [6.07, 6.45) is 0. The first kappa shape index (κ1) is 19.7. The Kier molecular flexibility index (Phi) is 5.13. The van der Waals surface area contributed by atoms with Gasteiger partial charge >= 0.3 is 0 Å². The van der Waals surface area contributed by atoms with Crippen LogP contribution in [0.15, 0.2) is 82.7 Å². The Labute approximate surface area is 187 Å². The van der Waals surface area contributed by atoms with Crippen LogP contribution in [0.4, 0.5) is 0 Å². The number of benzene rings is 3. The van der Waals surface area contributed by atoms with Crippen LogP contribution in [0.3, 0.4) is 0 Å². The number of thioether (sulfide) groups is 1. The van der Waals surface area contributed by atoms with Crippen LogP contribution in [0.2, 0.25) is 5.02 Å². The third-order valence-electron chi connectivity index (χ3n) is 5.02. The molecule has 0 bridgehead atoms. The van der Waals surface area contributed by atoms with Gasteiger partial charge in [-0.05, 0) is 35.9 Å². The summed E-state index contributed by atoms with van der Waals surface area (Å²) in [6, 6.07) is 22.5. The number of hydrogen-bond donors (Lipinski definition) is 0. The van der Waals surface area contributed by atoms with Crippen LogP contribution in [0, 0.1) is 0 Å². The quantitative estimate of drug-likeness (QED) is 0.354. The van der Waals surface area contributed by atoms with Crippen molar-refractivity contribution in [2.24, 2.45) is 0 Å². The zero-order valence-corrected chi connectivity index (χ0v) is 18.1. The second-order valence-electron chi connectivity index (χ2n) is 6.86. The van der Waals surface area contributed by atoms with Gasteiger partial charge in [0.2, 0.25) is 5.78 Å². The zero-order valence-electron chi connectivity index (χ0n) is 16.5. The van der Waals surface area contributed by atoms with Crippen molar-refractivity contribution in [3.63, 3.8) is 0 Å². The van der Waals surface area contributed by atoms with E-state index >= 15 is 0 Å². The van der Waals surface area contributed by atoms with Crippen molar-refractivity contribution in [1.29, 1.82) is 0 Å². The molecule has 2 heterocycles. The third kappa shape index (κ3) is 3.45. The zero-order chi connectivity index (χ0) is 21.4. The molecule has 0 aliphatic heterocycles. The molecular formula is C23H17ClN4O2S. The number of ether oxygens (including phenoxy) is 1. The fourth-order valence-corrected chi connectivity index (χ4v) is 4.74. The van der Waals surface area contributed by atoms with Gasteiger partial charge < -0.3 is 4.74 Å². The van der Waals surface area contributed by atoms with E-state index in [0.717, 1.165) is 11.1 Å². The van der Waals surface area contributed by atoms with E-state index in [0.29, 0.717) is 38.5 Å². The summed E-state index contributed by atoms with van der Waals surface area (Å²) < 4.78 is 8.83. The molecule has 2 aromatic heterocycles. The van der Waals surface area contributed by atoms with Gasteiger partial charge in [-0.25, -0.2) is 4.57 Å². The second-order valence-corrected chi connectivity index (χ2v) is 8.21. The first-order valence-electron chi connectivity index (χ1n) is 9.57. The normalized spacial score (nSPS) is 11.3. The van der Waals surface area contributed by atoms with E-state index in [-0.39, 0.29) is 5.56 Å². The predicted octanol–water partition coefficient (Wildman–Crippen LogP) is 4.99. The van der Waals surface area contributed by atoms with Crippen molar-refractivity contribution in [2.75, 3.05) is 7.11 Å². The molecule has 0 spiro atoms. The van der Waals surface area contributed by atoms with E-state index in [9.17, 15) is 4.79 Å². The number of rotatable bonds is 5. The molecule has 5 aromatic rings. The standard InChI is InChI=1S/C23H17ClN4O2S/c1-30-17-9-6-8-16(13-17)27-21(29)18-10-3-5-12-20(18)28-22(27)25-26-23(28)31-14-15-7-2-4-11-19(15)24/h2-13H,14H2,1H3. The summed E-state index contributed by atoms with van der Waals surface area (Å²) in [4.78, 5) is 13.4. The Balaban J connectivity index is 1.72. The molecule has 154 valence electrons. The maximum Gasteiger partial charge on any atom is 0.267 e. The van der Waals surface area contributed by atoms with Gasteiger partial charge in [0.05, 0.1) is 23.7 Å². The van der Waals surface area contributed by atoms with Crippen LogP contribution in [0.25, 0.3) is 22.4 Å². The van der Waals surface area contributed by atoms with E-state index < -0.39 is 0 Å². The molecule has 3 aromatic carbocycles. The molecular weight excluding hydrogens is 432 g/mol. The average molecular weight is 449 g/mol. The number of fused-ring (bicyclic) bond motifs is 3. The molecule has 5 rings (SSSR count). The average Bonchev–Trinajstić information content (AvgIpc) is 3.22. The van der Waals surface area contributed by atoms with Crippen LogP contribution < -0.4 is 10.3 Å². The minimum atomic E-state index is -0.161. The van der Waals surface area contributed by atoms with Crippen molar-refractivity contribution in [1.82, 2.24) is 19.2 Å². The molecule has 0 saturated heterocycles. The number of methoxy groups -OCH3 is 1. The highest BCUT2D eigenvalue weighted by Crippen LogP contribution is 2.28. The van der Waals surface area contributed by atoms with E-state index in [1.54, 1.807) is 17.7 Å². The van der Waals surface area contributed by atoms with Crippen LogP contribution in [-0.2, 0) is 5.75 Å². The van der Waals surface area contributed by atoms with E-state index in [1.807, 2.05) is 71.1 Å². The van der Waals surface area contributed by atoms with Crippen molar-refractivity contribution < 1.29 is 4.74 Å². The number of halogens is 1. The number of nitrogens with zero attached hydrogens (tertiary/aromatic N) is 4. The van der Waals surface area contributed by atoms with Crippen molar-refractivity contribution in [3.8, 4) is 11.4 Å². The van der Waals surface area contributed by atoms with Crippen LogP contribution in [0.1, 0.15) is 5.56 Å². The monoisotopic (exact) mass is 448 g/mol. The predicted molar refractivity (Wildman–Crippen MR) is 124 cm³/mol. The molecule has 31 heavy (non-hydrogen) atoms. The lowest BCUT2D eigenvalue weighted by Gasteiger charge is -2.12. The van der Waals surface area contributed by atoms with Gasteiger partial charge in [-0.2, -0.15) is 0 Å². The Morgan fingerprint density at radius 2 is 1.81 bits per heavy atom. The van der Waals surface area contributed by atoms with Crippen LogP contribution in [-0.4, -0.2) is 26.3 Å². The van der Waals surface area contributed by atoms with Gasteiger partial charge in [0.25, 0.3) is 5.56 Å². The summed E-state index contributed by atoms with van der Waals surface area (Å²) in [5, 5.41) is 10.8. The maximum absolute atomic E-state index is 13.4. The smallest absolute Gasteiger partial charge is 0.267 e. The molecule has 0 aliphatic carbocycles. The van der Waals surface area contributed by atoms with Gasteiger partial charge in [0, 0.05) is 16.8 Å². The molecule has 0 unspecified atom stereocenters. The minimum Gasteiger partial charge on any atom is -0.497 e. The molecule has 0 atom stereocenters. The first-order valence-corrected chi connectivity index (χ1v) is 10.9. The summed E-state index contributed by atoms with van der Waals surface area (Å²) in [6.45, 7) is 0. The summed E-state index contributed by atoms with van der Waals surface area (Å²) in [5.74, 6) is 1.73. The first-order chi connectivity index (χ1) is 15.2. The largest absolute Gasteiger partial charge is 0.497 e. The Morgan fingerprint density at radius 3 is 2.65 bits per heavy atom. The Hall–Kier alpha value is -3.29. The minimum absolute atomic E-state index is 0.161. The highest BCUT2D eigenvalue weighted by molar-refractivity contribution is 7.98. The lowest BCUT2D eigenvalue weighted by Crippen LogP contribution is -2.21. The fourth-order valence-electron chi connectivity index (χ4n) is 3.51. The Bertz CT molecular complexity index is 1480. The number of hydrogen-bond acceptors (Lipinski definition) is 5. The molecule has 8 heteroatoms.